The van der Waals surface area contributed by atoms with Crippen molar-refractivity contribution in [3.05, 3.63) is 52.9 Å². The van der Waals surface area contributed by atoms with Crippen molar-refractivity contribution in [2.24, 2.45) is 0 Å². The number of aromatic nitrogens is 2. The molecule has 3 nitrogen and oxygen atoms in total. The predicted molar refractivity (Wildman–Crippen MR) is 80.7 cm³/mol. The van der Waals surface area contributed by atoms with Crippen molar-refractivity contribution >= 4 is 27.4 Å². The van der Waals surface area contributed by atoms with Gasteiger partial charge in [0.1, 0.15) is 18.0 Å². The van der Waals surface area contributed by atoms with Crippen molar-refractivity contribution in [1.82, 2.24) is 9.97 Å². The normalized spacial score (nSPS) is 10.9. The molecule has 0 bridgehead atoms. The Hall–Kier alpha value is -2.01. The van der Waals surface area contributed by atoms with Crippen molar-refractivity contribution in [2.75, 3.05) is 11.9 Å². The van der Waals surface area contributed by atoms with E-state index in [9.17, 15) is 4.39 Å². The molecule has 5 heteroatoms. The van der Waals surface area contributed by atoms with Crippen LogP contribution in [-0.4, -0.2) is 16.5 Å². The first kappa shape index (κ1) is 13.0. The van der Waals surface area contributed by atoms with E-state index in [1.54, 1.807) is 23.7 Å². The summed E-state index contributed by atoms with van der Waals surface area (Å²) >= 11 is 1.63. The van der Waals surface area contributed by atoms with E-state index in [0.29, 0.717) is 0 Å². The lowest BCUT2D eigenvalue weighted by molar-refractivity contribution is 0.625. The Bertz CT molecular complexity index is 739. The fraction of sp³-hybridized carbons (Fsp3) is 0.200. The molecule has 0 amide bonds. The van der Waals surface area contributed by atoms with Crippen molar-refractivity contribution in [3.63, 3.8) is 0 Å². The van der Waals surface area contributed by atoms with Gasteiger partial charge in [-0.2, -0.15) is 0 Å². The van der Waals surface area contributed by atoms with Gasteiger partial charge in [-0.3, -0.25) is 0 Å². The first-order valence-corrected chi connectivity index (χ1v) is 7.29. The molecule has 0 saturated heterocycles. The first-order valence-electron chi connectivity index (χ1n) is 6.41. The molecular formula is C15H14FN3S. The van der Waals surface area contributed by atoms with Gasteiger partial charge in [-0.15, -0.1) is 11.3 Å². The molecule has 0 radical (unpaired) electrons. The summed E-state index contributed by atoms with van der Waals surface area (Å²) in [5, 5.41) is 5.34. The van der Waals surface area contributed by atoms with E-state index in [-0.39, 0.29) is 5.82 Å². The van der Waals surface area contributed by atoms with E-state index in [4.69, 9.17) is 0 Å². The third-order valence-electron chi connectivity index (χ3n) is 3.23. The lowest BCUT2D eigenvalue weighted by Gasteiger charge is -2.08. The molecule has 0 aliphatic heterocycles. The minimum atomic E-state index is -0.185. The number of benzene rings is 1. The predicted octanol–water partition coefficient (Wildman–Crippen LogP) is 3.79. The maximum Gasteiger partial charge on any atom is 0.147 e. The number of rotatable bonds is 4. The van der Waals surface area contributed by atoms with E-state index < -0.39 is 0 Å². The molecule has 0 fully saturated rings. The Morgan fingerprint density at radius 1 is 1.25 bits per heavy atom. The number of nitrogens with zero attached hydrogens (tertiary/aromatic N) is 2. The summed E-state index contributed by atoms with van der Waals surface area (Å²) in [6.45, 7) is 2.69. The maximum atomic E-state index is 13.0. The van der Waals surface area contributed by atoms with E-state index in [0.717, 1.165) is 40.1 Å². The minimum Gasteiger partial charge on any atom is -0.368 e. The second-order valence-electron chi connectivity index (χ2n) is 4.60. The SMILES string of the molecule is Cc1cc(F)ccc1CCNc1ncnc2ccsc12. The number of anilines is 1. The summed E-state index contributed by atoms with van der Waals surface area (Å²) in [5.74, 6) is 0.681. The Labute approximate surface area is 120 Å². The topological polar surface area (TPSA) is 37.8 Å². The quantitative estimate of drug-likeness (QED) is 0.793. The van der Waals surface area contributed by atoms with Gasteiger partial charge in [0.25, 0.3) is 0 Å². The van der Waals surface area contributed by atoms with Gasteiger partial charge in [0.2, 0.25) is 0 Å². The molecule has 2 heterocycles. The lowest BCUT2D eigenvalue weighted by atomic mass is 10.1. The smallest absolute Gasteiger partial charge is 0.147 e. The van der Waals surface area contributed by atoms with Crippen molar-refractivity contribution in [2.45, 2.75) is 13.3 Å². The van der Waals surface area contributed by atoms with Crippen molar-refractivity contribution < 1.29 is 4.39 Å². The van der Waals surface area contributed by atoms with Gasteiger partial charge in [0.15, 0.2) is 0 Å². The molecule has 0 atom stereocenters. The van der Waals surface area contributed by atoms with Crippen LogP contribution in [0.25, 0.3) is 10.2 Å². The number of thiophene rings is 1. The van der Waals surface area contributed by atoms with E-state index >= 15 is 0 Å². The highest BCUT2D eigenvalue weighted by atomic mass is 32.1. The zero-order valence-electron chi connectivity index (χ0n) is 11.1. The fourth-order valence-corrected chi connectivity index (χ4v) is 2.98. The highest BCUT2D eigenvalue weighted by molar-refractivity contribution is 7.17. The second kappa shape index (κ2) is 5.54. The average molecular weight is 287 g/mol. The summed E-state index contributed by atoms with van der Waals surface area (Å²) in [6.07, 6.45) is 2.41. The van der Waals surface area contributed by atoms with Gasteiger partial charge in [-0.05, 0) is 48.1 Å². The van der Waals surface area contributed by atoms with Crippen molar-refractivity contribution in [3.8, 4) is 0 Å². The first-order chi connectivity index (χ1) is 9.74. The van der Waals surface area contributed by atoms with Crippen LogP contribution in [0.4, 0.5) is 10.2 Å². The highest BCUT2D eigenvalue weighted by Gasteiger charge is 2.05. The van der Waals surface area contributed by atoms with Crippen molar-refractivity contribution in [1.29, 1.82) is 0 Å². The molecular weight excluding hydrogens is 273 g/mol. The van der Waals surface area contributed by atoms with Gasteiger partial charge in [-0.25, -0.2) is 14.4 Å². The lowest BCUT2D eigenvalue weighted by Crippen LogP contribution is -2.07. The van der Waals surface area contributed by atoms with Gasteiger partial charge < -0.3 is 5.32 Å². The fourth-order valence-electron chi connectivity index (χ4n) is 2.17. The molecule has 20 heavy (non-hydrogen) atoms. The zero-order chi connectivity index (χ0) is 13.9. The molecule has 3 rings (SSSR count). The number of hydrogen-bond donors (Lipinski definition) is 1. The monoisotopic (exact) mass is 287 g/mol. The molecule has 1 N–H and O–H groups in total. The third kappa shape index (κ3) is 2.63. The molecule has 102 valence electrons. The van der Waals surface area contributed by atoms with Crippen LogP contribution in [0.3, 0.4) is 0 Å². The summed E-state index contributed by atoms with van der Waals surface area (Å²) in [7, 11) is 0. The molecule has 0 saturated carbocycles. The van der Waals surface area contributed by atoms with Crippen LogP contribution in [0.5, 0.6) is 0 Å². The van der Waals surface area contributed by atoms with E-state index in [1.165, 1.54) is 6.07 Å². The van der Waals surface area contributed by atoms with Crippen LogP contribution >= 0.6 is 11.3 Å². The van der Waals surface area contributed by atoms with Crippen LogP contribution < -0.4 is 5.32 Å². The number of halogens is 1. The van der Waals surface area contributed by atoms with Crippen LogP contribution in [-0.2, 0) is 6.42 Å². The molecule has 0 unspecified atom stereocenters. The Kier molecular flexibility index (Phi) is 3.60. The summed E-state index contributed by atoms with van der Waals surface area (Å²) in [6, 6.07) is 6.89. The highest BCUT2D eigenvalue weighted by Crippen LogP contribution is 2.24. The van der Waals surface area contributed by atoms with E-state index in [2.05, 4.69) is 15.3 Å². The Morgan fingerprint density at radius 3 is 3.00 bits per heavy atom. The number of fused-ring (bicyclic) bond motifs is 1. The molecule has 0 aliphatic carbocycles. The molecule has 2 aromatic heterocycles. The van der Waals surface area contributed by atoms with E-state index in [1.807, 2.05) is 24.4 Å². The second-order valence-corrected chi connectivity index (χ2v) is 5.52. The number of hydrogen-bond acceptors (Lipinski definition) is 4. The van der Waals surface area contributed by atoms with Crippen LogP contribution in [0.1, 0.15) is 11.1 Å². The summed E-state index contributed by atoms with van der Waals surface area (Å²) in [5.41, 5.74) is 3.09. The summed E-state index contributed by atoms with van der Waals surface area (Å²) < 4.78 is 14.1. The summed E-state index contributed by atoms with van der Waals surface area (Å²) in [4.78, 5) is 8.48. The average Bonchev–Trinajstić information content (AvgIpc) is 2.90. The Balaban J connectivity index is 1.69. The standard InChI is InChI=1S/C15H14FN3S/c1-10-8-12(16)3-2-11(10)4-6-17-15-14-13(5-7-20-14)18-9-19-15/h2-3,5,7-9H,4,6H2,1H3,(H,17,18,19). The van der Waals surface area contributed by atoms with Crippen LogP contribution in [0.15, 0.2) is 36.0 Å². The Morgan fingerprint density at radius 2 is 2.15 bits per heavy atom. The number of aryl methyl sites for hydroxylation is 1. The van der Waals surface area contributed by atoms with Crippen LogP contribution in [0, 0.1) is 12.7 Å². The van der Waals surface area contributed by atoms with Crippen LogP contribution in [0.2, 0.25) is 0 Å². The maximum absolute atomic E-state index is 13.0. The molecule has 0 spiro atoms. The molecule has 0 aliphatic rings. The zero-order valence-corrected chi connectivity index (χ0v) is 11.9. The largest absolute Gasteiger partial charge is 0.368 e. The molecule has 3 aromatic rings. The molecule has 1 aromatic carbocycles. The minimum absolute atomic E-state index is 0.185. The van der Waals surface area contributed by atoms with Gasteiger partial charge in [-0.1, -0.05) is 6.07 Å². The third-order valence-corrected chi connectivity index (χ3v) is 4.14. The van der Waals surface area contributed by atoms with Gasteiger partial charge in [0.05, 0.1) is 10.2 Å². The van der Waals surface area contributed by atoms with Gasteiger partial charge >= 0.3 is 0 Å². The van der Waals surface area contributed by atoms with Gasteiger partial charge in [0, 0.05) is 6.54 Å². The number of nitrogens with one attached hydrogen (secondary N) is 1.